The summed E-state index contributed by atoms with van der Waals surface area (Å²) in [6.07, 6.45) is 2.76. The number of fused-ring (bicyclic) bond motifs is 3. The fraction of sp³-hybridized carbons (Fsp3) is 0.614. The summed E-state index contributed by atoms with van der Waals surface area (Å²) in [5.74, 6) is -0.578. The summed E-state index contributed by atoms with van der Waals surface area (Å²) in [5, 5.41) is 2.80. The Morgan fingerprint density at radius 2 is 0.787 bits per heavy atom. The fourth-order valence-electron chi connectivity index (χ4n) is 6.12. The molecule has 1 heterocycles. The van der Waals surface area contributed by atoms with Gasteiger partial charge in [0, 0.05) is 31.2 Å². The van der Waals surface area contributed by atoms with E-state index in [1.54, 1.807) is 0 Å². The minimum Gasteiger partial charge on any atom is -0.449 e. The Hall–Kier alpha value is -3.85. The molecular weight excluding hydrogens is 796 g/mol. The summed E-state index contributed by atoms with van der Waals surface area (Å²) >= 11 is 0. The van der Waals surface area contributed by atoms with E-state index in [-0.39, 0.29) is 30.9 Å². The Balaban J connectivity index is 0.763. The number of nitrogens with one attached hydrogen (secondary N) is 1. The first-order valence-corrected chi connectivity index (χ1v) is 21.1. The highest BCUT2D eigenvalue weighted by Crippen LogP contribution is 2.44. The van der Waals surface area contributed by atoms with Crippen LogP contribution in [0.2, 0.25) is 0 Å². The third-order valence-corrected chi connectivity index (χ3v) is 9.16. The second-order valence-corrected chi connectivity index (χ2v) is 13.5. The lowest BCUT2D eigenvalue weighted by molar-refractivity contribution is -0.137. The highest BCUT2D eigenvalue weighted by Gasteiger charge is 2.29. The molecule has 0 fully saturated rings. The monoisotopic (exact) mass is 860 g/mol. The van der Waals surface area contributed by atoms with E-state index in [1.807, 2.05) is 24.3 Å². The number of carbonyl (C=O) groups excluding carboxylic acids is 3. The van der Waals surface area contributed by atoms with Crippen molar-refractivity contribution >= 4 is 17.9 Å². The molecule has 1 aliphatic carbocycles. The van der Waals surface area contributed by atoms with E-state index in [9.17, 15) is 14.4 Å². The highest BCUT2D eigenvalue weighted by molar-refractivity contribution is 6.12. The molecule has 3 amide bonds. The molecule has 0 spiro atoms. The standard InChI is InChI=1S/C44H64N2O15/c47-42-10-11-43(48)46(42)13-15-51-17-19-53-21-23-55-25-27-57-29-31-59-33-35-60-34-32-58-30-28-56-26-24-54-22-20-52-18-16-50-14-5-12-45-44(49)61-36-41-39-8-3-1-6-37(39)38-7-2-4-9-40(38)41/h1-4,6-11,41H,5,12-36H2,(H,45,49). The van der Waals surface area contributed by atoms with Gasteiger partial charge in [-0.25, -0.2) is 4.79 Å². The lowest BCUT2D eigenvalue weighted by Gasteiger charge is -2.14. The molecule has 0 unspecified atom stereocenters. The van der Waals surface area contributed by atoms with Gasteiger partial charge in [0.2, 0.25) is 0 Å². The van der Waals surface area contributed by atoms with Crippen LogP contribution in [0.5, 0.6) is 0 Å². The number of nitrogens with zero attached hydrogens (tertiary/aromatic N) is 1. The van der Waals surface area contributed by atoms with Crippen molar-refractivity contribution in [1.82, 2.24) is 10.2 Å². The van der Waals surface area contributed by atoms with Crippen LogP contribution in [0.1, 0.15) is 23.5 Å². The molecule has 0 atom stereocenters. The molecule has 2 aromatic rings. The van der Waals surface area contributed by atoms with Crippen LogP contribution >= 0.6 is 0 Å². The van der Waals surface area contributed by atoms with Crippen LogP contribution in [0.25, 0.3) is 11.1 Å². The maximum atomic E-state index is 12.3. The van der Waals surface area contributed by atoms with Crippen LogP contribution in [0.4, 0.5) is 4.79 Å². The quantitative estimate of drug-likeness (QED) is 0.0766. The lowest BCUT2D eigenvalue weighted by Crippen LogP contribution is -2.33. The molecule has 0 saturated heterocycles. The molecule has 61 heavy (non-hydrogen) atoms. The van der Waals surface area contributed by atoms with Crippen LogP contribution in [0, 0.1) is 0 Å². The van der Waals surface area contributed by atoms with Gasteiger partial charge in [-0.15, -0.1) is 0 Å². The molecule has 0 aromatic heterocycles. The number of ether oxygens (including phenoxy) is 12. The van der Waals surface area contributed by atoms with Crippen molar-refractivity contribution in [2.75, 3.05) is 165 Å². The Morgan fingerprint density at radius 1 is 0.459 bits per heavy atom. The van der Waals surface area contributed by atoms with E-state index in [0.717, 1.165) is 4.90 Å². The van der Waals surface area contributed by atoms with Gasteiger partial charge in [0.25, 0.3) is 11.8 Å². The molecule has 340 valence electrons. The van der Waals surface area contributed by atoms with Crippen molar-refractivity contribution in [2.45, 2.75) is 12.3 Å². The van der Waals surface area contributed by atoms with Crippen LogP contribution in [0.15, 0.2) is 60.7 Å². The molecule has 2 aromatic carbocycles. The predicted molar refractivity (Wildman–Crippen MR) is 223 cm³/mol. The van der Waals surface area contributed by atoms with Crippen LogP contribution in [-0.2, 0) is 66.4 Å². The molecule has 2 aliphatic rings. The van der Waals surface area contributed by atoms with Crippen molar-refractivity contribution in [3.05, 3.63) is 71.8 Å². The zero-order valence-electron chi connectivity index (χ0n) is 35.3. The molecule has 17 heteroatoms. The second kappa shape index (κ2) is 32.8. The van der Waals surface area contributed by atoms with Gasteiger partial charge in [0.05, 0.1) is 145 Å². The maximum absolute atomic E-state index is 12.3. The van der Waals surface area contributed by atoms with Crippen molar-refractivity contribution in [3.8, 4) is 11.1 Å². The summed E-state index contributed by atoms with van der Waals surface area (Å²) < 4.78 is 65.9. The first-order chi connectivity index (χ1) is 30.1. The predicted octanol–water partition coefficient (Wildman–Crippen LogP) is 3.02. The first kappa shape index (κ1) is 49.8. The molecular formula is C44H64N2O15. The lowest BCUT2D eigenvalue weighted by atomic mass is 9.98. The van der Waals surface area contributed by atoms with Gasteiger partial charge in [-0.1, -0.05) is 48.5 Å². The maximum Gasteiger partial charge on any atom is 0.407 e. The van der Waals surface area contributed by atoms with E-state index < -0.39 is 6.09 Å². The van der Waals surface area contributed by atoms with Gasteiger partial charge in [-0.3, -0.25) is 14.5 Å². The summed E-state index contributed by atoms with van der Waals surface area (Å²) in [7, 11) is 0. The summed E-state index contributed by atoms with van der Waals surface area (Å²) in [6.45, 7) is 11.0. The van der Waals surface area contributed by atoms with Crippen LogP contribution in [0.3, 0.4) is 0 Å². The van der Waals surface area contributed by atoms with E-state index in [0.29, 0.717) is 158 Å². The SMILES string of the molecule is O=C(NCCCOCCOCCOCCOCCOCCOCCOCCOCCOCCOCCOCCN1C(=O)C=CC1=O)OCC1c2ccccc2-c2ccccc21. The summed E-state index contributed by atoms with van der Waals surface area (Å²) in [6, 6.07) is 16.5. The van der Waals surface area contributed by atoms with E-state index >= 15 is 0 Å². The Bertz CT molecular complexity index is 1470. The van der Waals surface area contributed by atoms with Gasteiger partial charge < -0.3 is 62.2 Å². The fourth-order valence-corrected chi connectivity index (χ4v) is 6.12. The molecule has 0 bridgehead atoms. The number of rotatable bonds is 39. The van der Waals surface area contributed by atoms with E-state index in [2.05, 4.69) is 29.6 Å². The minimum atomic E-state index is -0.421. The number of imide groups is 1. The van der Waals surface area contributed by atoms with Gasteiger partial charge in [-0.2, -0.15) is 0 Å². The van der Waals surface area contributed by atoms with Crippen molar-refractivity contribution < 1.29 is 71.2 Å². The topological polar surface area (TPSA) is 177 Å². The number of carbonyl (C=O) groups is 3. The number of hydrogen-bond acceptors (Lipinski definition) is 15. The first-order valence-electron chi connectivity index (χ1n) is 21.1. The average Bonchev–Trinajstić information content (AvgIpc) is 3.78. The zero-order valence-corrected chi connectivity index (χ0v) is 35.3. The number of alkyl carbamates (subject to hydrolysis) is 1. The number of benzene rings is 2. The third-order valence-electron chi connectivity index (χ3n) is 9.16. The second-order valence-electron chi connectivity index (χ2n) is 13.5. The van der Waals surface area contributed by atoms with Crippen molar-refractivity contribution in [1.29, 1.82) is 0 Å². The van der Waals surface area contributed by atoms with E-state index in [1.165, 1.54) is 34.4 Å². The summed E-state index contributed by atoms with van der Waals surface area (Å²) in [5.41, 5.74) is 4.79. The molecule has 1 aliphatic heterocycles. The Labute approximate surface area is 359 Å². The normalized spacial score (nSPS) is 13.3. The molecule has 0 radical (unpaired) electrons. The minimum absolute atomic E-state index is 0.0431. The molecule has 4 rings (SSSR count). The Morgan fingerprint density at radius 3 is 1.16 bits per heavy atom. The largest absolute Gasteiger partial charge is 0.449 e. The summed E-state index contributed by atoms with van der Waals surface area (Å²) in [4.78, 5) is 36.3. The molecule has 0 saturated carbocycles. The third kappa shape index (κ3) is 21.2. The van der Waals surface area contributed by atoms with Gasteiger partial charge in [0.1, 0.15) is 6.61 Å². The van der Waals surface area contributed by atoms with Gasteiger partial charge in [0.15, 0.2) is 0 Å². The highest BCUT2D eigenvalue weighted by atomic mass is 16.6. The zero-order chi connectivity index (χ0) is 42.8. The average molecular weight is 861 g/mol. The number of amides is 3. The smallest absolute Gasteiger partial charge is 0.407 e. The van der Waals surface area contributed by atoms with Crippen LogP contribution in [-0.4, -0.2) is 188 Å². The van der Waals surface area contributed by atoms with Crippen LogP contribution < -0.4 is 5.32 Å². The van der Waals surface area contributed by atoms with Crippen molar-refractivity contribution in [3.63, 3.8) is 0 Å². The van der Waals surface area contributed by atoms with Gasteiger partial charge >= 0.3 is 6.09 Å². The Kier molecular flexibility index (Phi) is 26.8. The van der Waals surface area contributed by atoms with Crippen molar-refractivity contribution in [2.24, 2.45) is 0 Å². The van der Waals surface area contributed by atoms with E-state index in [4.69, 9.17) is 56.8 Å². The number of hydrogen-bond donors (Lipinski definition) is 1. The molecule has 17 nitrogen and oxygen atoms in total. The molecule has 1 N–H and O–H groups in total. The van der Waals surface area contributed by atoms with Gasteiger partial charge in [-0.05, 0) is 28.7 Å².